The fourth-order valence-corrected chi connectivity index (χ4v) is 2.10. The van der Waals surface area contributed by atoms with Crippen molar-refractivity contribution in [3.63, 3.8) is 0 Å². The van der Waals surface area contributed by atoms with Crippen LogP contribution in [0.3, 0.4) is 0 Å². The van der Waals surface area contributed by atoms with E-state index in [1.807, 2.05) is 37.4 Å². The van der Waals surface area contributed by atoms with Gasteiger partial charge in [0.25, 0.3) is 0 Å². The van der Waals surface area contributed by atoms with Gasteiger partial charge in [0.2, 0.25) is 5.82 Å². The first-order valence-electron chi connectivity index (χ1n) is 6.86. The SMILES string of the molecule is CN(CCn1c(-c2ncccn2)noc1=O)c1ccccc1. The number of benzene rings is 1. The lowest BCUT2D eigenvalue weighted by Gasteiger charge is -2.19. The van der Waals surface area contributed by atoms with Gasteiger partial charge in [0.1, 0.15) is 0 Å². The standard InChI is InChI=1S/C15H15N5O2/c1-19(12-6-3-2-4-7-12)10-11-20-14(18-22-15(20)21)13-16-8-5-9-17-13/h2-9H,10-11H2,1H3. The molecular formula is C15H15N5O2. The molecule has 3 aromatic rings. The molecule has 7 nitrogen and oxygen atoms in total. The summed E-state index contributed by atoms with van der Waals surface area (Å²) in [4.78, 5) is 22.1. The first-order chi connectivity index (χ1) is 10.8. The van der Waals surface area contributed by atoms with Crippen molar-refractivity contribution in [2.24, 2.45) is 0 Å². The smallest absolute Gasteiger partial charge is 0.373 e. The maximum atomic E-state index is 11.8. The van der Waals surface area contributed by atoms with Gasteiger partial charge in [0.15, 0.2) is 5.82 Å². The summed E-state index contributed by atoms with van der Waals surface area (Å²) in [5, 5.41) is 3.77. The Bertz CT molecular complexity index is 782. The molecule has 2 heterocycles. The molecule has 0 saturated carbocycles. The normalized spacial score (nSPS) is 10.6. The second-order valence-corrected chi connectivity index (χ2v) is 4.75. The zero-order valence-electron chi connectivity index (χ0n) is 12.1. The van der Waals surface area contributed by atoms with Crippen LogP contribution in [0.4, 0.5) is 5.69 Å². The van der Waals surface area contributed by atoms with E-state index in [4.69, 9.17) is 4.52 Å². The summed E-state index contributed by atoms with van der Waals surface area (Å²) in [7, 11) is 1.96. The fraction of sp³-hybridized carbons (Fsp3) is 0.200. The van der Waals surface area contributed by atoms with E-state index in [-0.39, 0.29) is 0 Å². The number of anilines is 1. The number of hydrogen-bond donors (Lipinski definition) is 0. The molecule has 0 spiro atoms. The van der Waals surface area contributed by atoms with E-state index < -0.39 is 5.76 Å². The van der Waals surface area contributed by atoms with E-state index in [1.165, 1.54) is 4.57 Å². The highest BCUT2D eigenvalue weighted by Crippen LogP contribution is 2.12. The Morgan fingerprint density at radius 2 is 1.86 bits per heavy atom. The number of nitrogens with zero attached hydrogens (tertiary/aromatic N) is 5. The molecule has 0 N–H and O–H groups in total. The van der Waals surface area contributed by atoms with Gasteiger partial charge in [0, 0.05) is 38.2 Å². The molecule has 2 aromatic heterocycles. The molecule has 0 amide bonds. The lowest BCUT2D eigenvalue weighted by molar-refractivity contribution is 0.376. The van der Waals surface area contributed by atoms with E-state index in [1.54, 1.807) is 18.5 Å². The van der Waals surface area contributed by atoms with Crippen molar-refractivity contribution in [2.45, 2.75) is 6.54 Å². The highest BCUT2D eigenvalue weighted by molar-refractivity contribution is 5.45. The summed E-state index contributed by atoms with van der Waals surface area (Å²) in [5.41, 5.74) is 1.07. The van der Waals surface area contributed by atoms with Gasteiger partial charge in [-0.05, 0) is 18.2 Å². The van der Waals surface area contributed by atoms with Crippen LogP contribution in [0.25, 0.3) is 11.6 Å². The van der Waals surface area contributed by atoms with Crippen LogP contribution >= 0.6 is 0 Å². The van der Waals surface area contributed by atoms with Gasteiger partial charge < -0.3 is 4.90 Å². The van der Waals surface area contributed by atoms with Crippen molar-refractivity contribution in [1.82, 2.24) is 19.7 Å². The molecule has 0 aliphatic carbocycles. The molecule has 0 atom stereocenters. The van der Waals surface area contributed by atoms with Crippen LogP contribution in [-0.4, -0.2) is 33.3 Å². The molecule has 0 fully saturated rings. The first kappa shape index (κ1) is 14.0. The van der Waals surface area contributed by atoms with Crippen molar-refractivity contribution in [2.75, 3.05) is 18.5 Å². The van der Waals surface area contributed by atoms with Gasteiger partial charge in [0.05, 0.1) is 0 Å². The molecule has 0 aliphatic rings. The number of rotatable bonds is 5. The summed E-state index contributed by atoms with van der Waals surface area (Å²) >= 11 is 0. The lowest BCUT2D eigenvalue weighted by atomic mass is 10.3. The van der Waals surface area contributed by atoms with E-state index in [0.717, 1.165) is 5.69 Å². The van der Waals surface area contributed by atoms with Crippen LogP contribution in [0.15, 0.2) is 58.1 Å². The third-order valence-electron chi connectivity index (χ3n) is 3.31. The molecule has 22 heavy (non-hydrogen) atoms. The van der Waals surface area contributed by atoms with E-state index >= 15 is 0 Å². The van der Waals surface area contributed by atoms with Crippen molar-refractivity contribution >= 4 is 5.69 Å². The lowest BCUT2D eigenvalue weighted by Crippen LogP contribution is -2.27. The quantitative estimate of drug-likeness (QED) is 0.709. The summed E-state index contributed by atoms with van der Waals surface area (Å²) in [5.74, 6) is 0.201. The number of hydrogen-bond acceptors (Lipinski definition) is 6. The molecule has 3 rings (SSSR count). The van der Waals surface area contributed by atoms with Crippen LogP contribution in [0.1, 0.15) is 0 Å². The zero-order chi connectivity index (χ0) is 15.4. The second kappa shape index (κ2) is 6.21. The minimum Gasteiger partial charge on any atom is -0.373 e. The molecule has 7 heteroatoms. The van der Waals surface area contributed by atoms with Crippen molar-refractivity contribution in [3.05, 3.63) is 59.3 Å². The molecule has 0 bridgehead atoms. The largest absolute Gasteiger partial charge is 0.442 e. The van der Waals surface area contributed by atoms with Gasteiger partial charge in [-0.25, -0.2) is 14.8 Å². The number of aromatic nitrogens is 4. The van der Waals surface area contributed by atoms with Crippen molar-refractivity contribution in [3.8, 4) is 11.6 Å². The minimum atomic E-state index is -0.510. The molecule has 0 radical (unpaired) electrons. The minimum absolute atomic E-state index is 0.340. The number of para-hydroxylation sites is 1. The molecule has 0 saturated heterocycles. The summed E-state index contributed by atoms with van der Waals surface area (Å²) in [6.45, 7) is 1.06. The maximum absolute atomic E-state index is 11.8. The van der Waals surface area contributed by atoms with E-state index in [0.29, 0.717) is 24.7 Å². The van der Waals surface area contributed by atoms with Gasteiger partial charge in [-0.1, -0.05) is 23.4 Å². The molecular weight excluding hydrogens is 282 g/mol. The Hall–Kier alpha value is -2.96. The maximum Gasteiger partial charge on any atom is 0.442 e. The Kier molecular flexibility index (Phi) is 3.95. The first-order valence-corrected chi connectivity index (χ1v) is 6.86. The van der Waals surface area contributed by atoms with Gasteiger partial charge >= 0.3 is 5.76 Å². The predicted molar refractivity (Wildman–Crippen MR) is 81.5 cm³/mol. The Morgan fingerprint density at radius 1 is 1.14 bits per heavy atom. The Balaban J connectivity index is 1.79. The highest BCUT2D eigenvalue weighted by atomic mass is 16.5. The van der Waals surface area contributed by atoms with E-state index in [9.17, 15) is 4.79 Å². The van der Waals surface area contributed by atoms with Crippen LogP contribution in [-0.2, 0) is 6.54 Å². The van der Waals surface area contributed by atoms with Crippen molar-refractivity contribution in [1.29, 1.82) is 0 Å². The molecule has 1 aromatic carbocycles. The summed E-state index contributed by atoms with van der Waals surface area (Å²) < 4.78 is 6.19. The van der Waals surface area contributed by atoms with Crippen LogP contribution in [0, 0.1) is 0 Å². The van der Waals surface area contributed by atoms with Crippen LogP contribution in [0.2, 0.25) is 0 Å². The fourth-order valence-electron chi connectivity index (χ4n) is 2.10. The number of likely N-dealkylation sites (N-methyl/N-ethyl adjacent to an activating group) is 1. The highest BCUT2D eigenvalue weighted by Gasteiger charge is 2.15. The average Bonchev–Trinajstić information content (AvgIpc) is 2.95. The molecule has 112 valence electrons. The Labute approximate surface area is 126 Å². The summed E-state index contributed by atoms with van der Waals surface area (Å²) in [6, 6.07) is 11.6. The third kappa shape index (κ3) is 2.88. The van der Waals surface area contributed by atoms with E-state index in [2.05, 4.69) is 20.0 Å². The molecule has 0 unspecified atom stereocenters. The average molecular weight is 297 g/mol. The zero-order valence-corrected chi connectivity index (χ0v) is 12.1. The second-order valence-electron chi connectivity index (χ2n) is 4.75. The topological polar surface area (TPSA) is 77.1 Å². The predicted octanol–water partition coefficient (Wildman–Crippen LogP) is 1.43. The Morgan fingerprint density at radius 3 is 2.59 bits per heavy atom. The monoisotopic (exact) mass is 297 g/mol. The van der Waals surface area contributed by atoms with Gasteiger partial charge in [-0.15, -0.1) is 0 Å². The van der Waals surface area contributed by atoms with Gasteiger partial charge in [-0.3, -0.25) is 9.09 Å². The van der Waals surface area contributed by atoms with Gasteiger partial charge in [-0.2, -0.15) is 0 Å². The van der Waals surface area contributed by atoms with Crippen LogP contribution < -0.4 is 10.7 Å². The van der Waals surface area contributed by atoms with Crippen molar-refractivity contribution < 1.29 is 4.52 Å². The summed E-state index contributed by atoms with van der Waals surface area (Å²) in [6.07, 6.45) is 3.20. The van der Waals surface area contributed by atoms with Crippen LogP contribution in [0.5, 0.6) is 0 Å². The molecule has 0 aliphatic heterocycles. The third-order valence-corrected chi connectivity index (χ3v) is 3.31.